The summed E-state index contributed by atoms with van der Waals surface area (Å²) in [6.45, 7) is 24.3. The molecule has 0 aliphatic carbocycles. The summed E-state index contributed by atoms with van der Waals surface area (Å²) < 4.78 is 0. The molecule has 1 aromatic rings. The number of nitrogens with one attached hydrogen (secondary N) is 2. The smallest absolute Gasteiger partial charge is 0.222 e. The van der Waals surface area contributed by atoms with Crippen LogP contribution in [0.2, 0.25) is 0 Å². The van der Waals surface area contributed by atoms with Gasteiger partial charge in [0.15, 0.2) is 0 Å². The van der Waals surface area contributed by atoms with Crippen LogP contribution in [0.1, 0.15) is 126 Å². The molecule has 1 rings (SSSR count). The van der Waals surface area contributed by atoms with Crippen LogP contribution in [0, 0.1) is 5.92 Å². The molecular formula is C35H70N4O5. The minimum atomic E-state index is -0.490. The fourth-order valence-corrected chi connectivity index (χ4v) is 3.48. The van der Waals surface area contributed by atoms with Gasteiger partial charge in [0.1, 0.15) is 6.79 Å². The van der Waals surface area contributed by atoms with Crippen LogP contribution in [0.25, 0.3) is 0 Å². The Balaban J connectivity index is -0.000000243. The molecule has 0 aromatic heterocycles. The molecule has 9 heteroatoms. The number of aliphatic hydroxyl groups excluding tert-OH is 1. The van der Waals surface area contributed by atoms with Crippen LogP contribution in [0.15, 0.2) is 30.3 Å². The third-order valence-corrected chi connectivity index (χ3v) is 5.70. The summed E-state index contributed by atoms with van der Waals surface area (Å²) >= 11 is 0. The van der Waals surface area contributed by atoms with Crippen LogP contribution in [0.4, 0.5) is 0 Å². The average Bonchev–Trinajstić information content (AvgIpc) is 3.03. The van der Waals surface area contributed by atoms with Crippen molar-refractivity contribution in [1.82, 2.24) is 15.5 Å². The first-order chi connectivity index (χ1) is 21.0. The molecule has 260 valence electrons. The van der Waals surface area contributed by atoms with Gasteiger partial charge in [0.25, 0.3) is 0 Å². The molecule has 0 aliphatic rings. The second-order valence-electron chi connectivity index (χ2n) is 10.5. The third-order valence-electron chi connectivity index (χ3n) is 5.70. The van der Waals surface area contributed by atoms with Gasteiger partial charge in [0, 0.05) is 44.4 Å². The number of nitrogens with two attached hydrogens (primary N) is 1. The van der Waals surface area contributed by atoms with Gasteiger partial charge in [-0.1, -0.05) is 92.1 Å². The zero-order chi connectivity index (χ0) is 35.4. The van der Waals surface area contributed by atoms with Crippen LogP contribution in [-0.2, 0) is 25.8 Å². The molecule has 0 heterocycles. The molecule has 0 unspecified atom stereocenters. The largest absolute Gasteiger partial charge is 0.392 e. The maximum Gasteiger partial charge on any atom is 0.222 e. The van der Waals surface area contributed by atoms with E-state index in [9.17, 15) is 14.4 Å². The Morgan fingerprint density at radius 1 is 0.864 bits per heavy atom. The van der Waals surface area contributed by atoms with Crippen molar-refractivity contribution in [2.24, 2.45) is 11.7 Å². The molecule has 44 heavy (non-hydrogen) atoms. The number of unbranched alkanes of at least 4 members (excludes halogenated alkanes) is 2. The number of hydrogen-bond donors (Lipinski definition) is 4. The SMILES string of the molecule is C=O.CC.CCC.CCC(=O)NCCCCCNC(=O)CC(C)(C)N(CCC(C)C)C(=O)CC.CN.OCc1ccccc1. The summed E-state index contributed by atoms with van der Waals surface area (Å²) in [6.07, 6.45) is 6.23. The molecule has 0 spiro atoms. The predicted molar refractivity (Wildman–Crippen MR) is 187 cm³/mol. The monoisotopic (exact) mass is 627 g/mol. The lowest BCUT2D eigenvalue weighted by Gasteiger charge is -2.39. The van der Waals surface area contributed by atoms with Gasteiger partial charge in [-0.3, -0.25) is 14.4 Å². The number of hydrogen-bond acceptors (Lipinski definition) is 6. The van der Waals surface area contributed by atoms with Crippen LogP contribution >= 0.6 is 0 Å². The van der Waals surface area contributed by atoms with Gasteiger partial charge in [0.2, 0.25) is 17.7 Å². The minimum Gasteiger partial charge on any atom is -0.392 e. The van der Waals surface area contributed by atoms with Crippen molar-refractivity contribution in [3.8, 4) is 0 Å². The molecule has 0 aliphatic heterocycles. The summed E-state index contributed by atoms with van der Waals surface area (Å²) in [4.78, 5) is 45.7. The number of amides is 3. The van der Waals surface area contributed by atoms with Crippen LogP contribution < -0.4 is 16.4 Å². The number of carbonyl (C=O) groups excluding carboxylic acids is 4. The predicted octanol–water partition coefficient (Wildman–Crippen LogP) is 6.26. The zero-order valence-corrected chi connectivity index (χ0v) is 30.3. The molecule has 5 N–H and O–H groups in total. The van der Waals surface area contributed by atoms with E-state index in [-0.39, 0.29) is 24.3 Å². The molecule has 3 amide bonds. The number of nitrogens with zero attached hydrogens (tertiary/aromatic N) is 1. The molecule has 1 aromatic carbocycles. The number of carbonyl (C=O) groups is 4. The second kappa shape index (κ2) is 38.2. The lowest BCUT2D eigenvalue weighted by molar-refractivity contribution is -0.138. The van der Waals surface area contributed by atoms with Gasteiger partial charge in [0.05, 0.1) is 6.61 Å². The van der Waals surface area contributed by atoms with Crippen LogP contribution in [-0.4, -0.2) is 66.7 Å². The Morgan fingerprint density at radius 3 is 1.68 bits per heavy atom. The Hall–Kier alpha value is -2.78. The first-order valence-electron chi connectivity index (χ1n) is 16.3. The van der Waals surface area contributed by atoms with E-state index in [4.69, 9.17) is 9.90 Å². The lowest BCUT2D eigenvalue weighted by atomic mass is 9.95. The van der Waals surface area contributed by atoms with E-state index >= 15 is 0 Å². The van der Waals surface area contributed by atoms with E-state index in [2.05, 4.69) is 44.1 Å². The van der Waals surface area contributed by atoms with E-state index in [1.165, 1.54) is 13.5 Å². The van der Waals surface area contributed by atoms with Gasteiger partial charge in [-0.05, 0) is 58.1 Å². The highest BCUT2D eigenvalue weighted by Gasteiger charge is 2.32. The summed E-state index contributed by atoms with van der Waals surface area (Å²) in [5.41, 5.74) is 4.98. The maximum atomic E-state index is 12.3. The second-order valence-corrected chi connectivity index (χ2v) is 10.5. The van der Waals surface area contributed by atoms with Crippen molar-refractivity contribution in [3.63, 3.8) is 0 Å². The fraction of sp³-hybridized carbons (Fsp3) is 0.714. The minimum absolute atomic E-state index is 0.0160. The van der Waals surface area contributed by atoms with Crippen LogP contribution in [0.5, 0.6) is 0 Å². The maximum absolute atomic E-state index is 12.3. The summed E-state index contributed by atoms with van der Waals surface area (Å²) in [7, 11) is 1.50. The Morgan fingerprint density at radius 2 is 1.32 bits per heavy atom. The topological polar surface area (TPSA) is 142 Å². The Kier molecular flexibility index (Phi) is 44.2. The van der Waals surface area contributed by atoms with Crippen molar-refractivity contribution in [2.45, 2.75) is 133 Å². The number of aliphatic hydroxyl groups is 1. The van der Waals surface area contributed by atoms with E-state index < -0.39 is 5.54 Å². The van der Waals surface area contributed by atoms with Gasteiger partial charge < -0.3 is 31.2 Å². The fourth-order valence-electron chi connectivity index (χ4n) is 3.48. The van der Waals surface area contributed by atoms with Crippen LogP contribution in [0.3, 0.4) is 0 Å². The first-order valence-corrected chi connectivity index (χ1v) is 16.3. The number of benzene rings is 1. The third kappa shape index (κ3) is 33.7. The van der Waals surface area contributed by atoms with Gasteiger partial charge in [-0.25, -0.2) is 0 Å². The quantitative estimate of drug-likeness (QED) is 0.169. The summed E-state index contributed by atoms with van der Waals surface area (Å²) in [5, 5.41) is 14.3. The highest BCUT2D eigenvalue weighted by molar-refractivity contribution is 5.80. The molecule has 0 saturated heterocycles. The standard InChI is InChI=1S/C21H41N3O3.C7H8O.C3H8.C2H6.CH5N.CH2O/c1-7-18(25)22-13-10-9-11-14-23-19(26)16-21(5,6)24(20(27)8-2)15-12-17(3)4;8-6-7-4-2-1-3-5-7;1-3-2;3*1-2/h17H,7-16H2,1-6H3,(H,22,25)(H,23,26);1-5,8H,6H2;3H2,1-2H3;1-2H3;2H2,1H3;1H2. The molecule has 0 saturated carbocycles. The zero-order valence-electron chi connectivity index (χ0n) is 30.3. The number of rotatable bonds is 15. The summed E-state index contributed by atoms with van der Waals surface area (Å²) in [5.74, 6) is 0.679. The molecular weight excluding hydrogens is 556 g/mol. The van der Waals surface area contributed by atoms with Crippen molar-refractivity contribution >= 4 is 24.5 Å². The van der Waals surface area contributed by atoms with Crippen molar-refractivity contribution in [1.29, 1.82) is 0 Å². The molecule has 0 fully saturated rings. The molecule has 0 radical (unpaired) electrons. The van der Waals surface area contributed by atoms with E-state index in [1.54, 1.807) is 0 Å². The average molecular weight is 627 g/mol. The normalized spacial score (nSPS) is 9.41. The van der Waals surface area contributed by atoms with Gasteiger partial charge in [-0.15, -0.1) is 0 Å². The molecule has 9 nitrogen and oxygen atoms in total. The summed E-state index contributed by atoms with van der Waals surface area (Å²) in [6, 6.07) is 9.52. The van der Waals surface area contributed by atoms with Crippen molar-refractivity contribution < 1.29 is 24.3 Å². The first kappa shape index (κ1) is 50.8. The lowest BCUT2D eigenvalue weighted by Crippen LogP contribution is -2.50. The van der Waals surface area contributed by atoms with E-state index in [1.807, 2.05) is 83.6 Å². The highest BCUT2D eigenvalue weighted by atomic mass is 16.3. The molecule has 0 atom stereocenters. The van der Waals surface area contributed by atoms with Crippen molar-refractivity contribution in [3.05, 3.63) is 35.9 Å². The van der Waals surface area contributed by atoms with Gasteiger partial charge >= 0.3 is 0 Å². The highest BCUT2D eigenvalue weighted by Crippen LogP contribution is 2.21. The Labute approximate surface area is 271 Å². The Bertz CT molecular complexity index is 759. The molecule has 0 bridgehead atoms. The van der Waals surface area contributed by atoms with Gasteiger partial charge in [-0.2, -0.15) is 0 Å². The van der Waals surface area contributed by atoms with E-state index in [0.29, 0.717) is 44.8 Å². The van der Waals surface area contributed by atoms with E-state index in [0.717, 1.165) is 31.2 Å². The van der Waals surface area contributed by atoms with Crippen molar-refractivity contribution in [2.75, 3.05) is 26.7 Å².